The van der Waals surface area contributed by atoms with Crippen LogP contribution in [0, 0.1) is 52.3 Å². The third-order valence-corrected chi connectivity index (χ3v) is 10.3. The Kier molecular flexibility index (Phi) is 5.11. The van der Waals surface area contributed by atoms with Crippen LogP contribution < -0.4 is 0 Å². The highest BCUT2D eigenvalue weighted by molar-refractivity contribution is 5.12. The molecule has 0 N–H and O–H groups in total. The van der Waals surface area contributed by atoms with Crippen LogP contribution in [0.3, 0.4) is 0 Å². The van der Waals surface area contributed by atoms with Crippen LogP contribution in [0.15, 0.2) is 12.7 Å². The minimum absolute atomic E-state index is 0.497. The molecular weight excluding hydrogens is 312 g/mol. The van der Waals surface area contributed by atoms with Crippen molar-refractivity contribution in [1.82, 2.24) is 0 Å². The molecule has 0 saturated heterocycles. The smallest absolute Gasteiger partial charge is 0.00873 e. The summed E-state index contributed by atoms with van der Waals surface area (Å²) in [4.78, 5) is 0. The summed E-state index contributed by atoms with van der Waals surface area (Å²) in [6.45, 7) is 14.4. The van der Waals surface area contributed by atoms with E-state index in [2.05, 4.69) is 40.3 Å². The first-order valence-electron chi connectivity index (χ1n) is 12.1. The molecule has 4 saturated carbocycles. The van der Waals surface area contributed by atoms with Crippen LogP contribution in [-0.4, -0.2) is 0 Å². The van der Waals surface area contributed by atoms with Crippen LogP contribution >= 0.6 is 0 Å². The van der Waals surface area contributed by atoms with Crippen molar-refractivity contribution in [1.29, 1.82) is 0 Å². The number of allylic oxidation sites excluding steroid dienone is 1. The van der Waals surface area contributed by atoms with Gasteiger partial charge in [0.1, 0.15) is 0 Å². The molecule has 0 bridgehead atoms. The largest absolute Gasteiger partial charge is 0.103 e. The number of hydrogen-bond acceptors (Lipinski definition) is 0. The van der Waals surface area contributed by atoms with E-state index in [0.29, 0.717) is 10.8 Å². The van der Waals surface area contributed by atoms with Gasteiger partial charge in [-0.25, -0.2) is 0 Å². The Morgan fingerprint density at radius 1 is 0.962 bits per heavy atom. The summed E-state index contributed by atoms with van der Waals surface area (Å²) < 4.78 is 0. The predicted molar refractivity (Wildman–Crippen MR) is 113 cm³/mol. The van der Waals surface area contributed by atoms with E-state index in [4.69, 9.17) is 0 Å². The predicted octanol–water partition coefficient (Wildman–Crippen LogP) is 7.88. The Bertz CT molecular complexity index is 518. The van der Waals surface area contributed by atoms with Crippen molar-refractivity contribution in [3.8, 4) is 0 Å². The summed E-state index contributed by atoms with van der Waals surface area (Å²) in [5, 5.41) is 0. The molecule has 4 fully saturated rings. The summed E-state index contributed by atoms with van der Waals surface area (Å²) in [6, 6.07) is 0. The fourth-order valence-corrected chi connectivity index (χ4v) is 9.33. The quantitative estimate of drug-likeness (QED) is 0.451. The van der Waals surface area contributed by atoms with Gasteiger partial charge in [0.25, 0.3) is 0 Å². The van der Waals surface area contributed by atoms with Gasteiger partial charge in [0, 0.05) is 0 Å². The molecule has 0 unspecified atom stereocenters. The zero-order chi connectivity index (χ0) is 18.5. The van der Waals surface area contributed by atoms with Crippen LogP contribution in [0.5, 0.6) is 0 Å². The van der Waals surface area contributed by atoms with Gasteiger partial charge in [0.2, 0.25) is 0 Å². The molecule has 0 radical (unpaired) electrons. The Morgan fingerprint density at radius 3 is 2.38 bits per heavy atom. The lowest BCUT2D eigenvalue weighted by atomic mass is 9.41. The number of fused-ring (bicyclic) bond motifs is 5. The molecule has 0 spiro atoms. The lowest BCUT2D eigenvalue weighted by Crippen LogP contribution is -2.56. The van der Waals surface area contributed by atoms with Crippen molar-refractivity contribution in [3.63, 3.8) is 0 Å². The van der Waals surface area contributed by atoms with Gasteiger partial charge in [0.05, 0.1) is 0 Å². The first-order valence-corrected chi connectivity index (χ1v) is 12.1. The third kappa shape index (κ3) is 2.68. The summed E-state index contributed by atoms with van der Waals surface area (Å²) in [6.07, 6.45) is 18.9. The molecule has 0 aromatic rings. The molecule has 148 valence electrons. The van der Waals surface area contributed by atoms with Crippen molar-refractivity contribution >= 4 is 0 Å². The average molecular weight is 357 g/mol. The van der Waals surface area contributed by atoms with E-state index in [1.54, 1.807) is 6.42 Å². The SMILES string of the molecule is C=C[C@]12CC[C@@H]3[C@H](CC[C@]4(CC)[C@@H](C(C)C)CCC[C@@H]34)[C@H]1CC[C@H](C)C2. The van der Waals surface area contributed by atoms with E-state index in [-0.39, 0.29) is 0 Å². The number of rotatable bonds is 3. The van der Waals surface area contributed by atoms with E-state index >= 15 is 0 Å². The second kappa shape index (κ2) is 6.97. The maximum absolute atomic E-state index is 4.38. The summed E-state index contributed by atoms with van der Waals surface area (Å²) in [7, 11) is 0. The van der Waals surface area contributed by atoms with Crippen molar-refractivity contribution in [2.45, 2.75) is 98.3 Å². The van der Waals surface area contributed by atoms with Crippen LogP contribution in [0.4, 0.5) is 0 Å². The standard InChI is InChI=1S/C26H44/c1-6-25-15-13-21-20(23(25)12-11-19(5)17-25)14-16-26(7-2)22(18(3)4)9-8-10-24(21)26/h6,18-24H,1,7-17H2,2-5H3/t19-,20-,21+,22+,23+,24-,25+,26+/m0/s1. The van der Waals surface area contributed by atoms with Crippen LogP contribution in [0.1, 0.15) is 98.3 Å². The van der Waals surface area contributed by atoms with E-state index in [0.717, 1.165) is 41.4 Å². The molecular formula is C26H44. The van der Waals surface area contributed by atoms with Crippen LogP contribution in [-0.2, 0) is 0 Å². The van der Waals surface area contributed by atoms with E-state index < -0.39 is 0 Å². The zero-order valence-electron chi connectivity index (χ0n) is 18.1. The third-order valence-electron chi connectivity index (χ3n) is 10.3. The second-order valence-electron chi connectivity index (χ2n) is 11.3. The van der Waals surface area contributed by atoms with Gasteiger partial charge >= 0.3 is 0 Å². The highest BCUT2D eigenvalue weighted by atomic mass is 14.6. The number of hydrogen-bond donors (Lipinski definition) is 0. The second-order valence-corrected chi connectivity index (χ2v) is 11.3. The van der Waals surface area contributed by atoms with Crippen LogP contribution in [0.25, 0.3) is 0 Å². The monoisotopic (exact) mass is 356 g/mol. The zero-order valence-corrected chi connectivity index (χ0v) is 18.1. The summed E-state index contributed by atoms with van der Waals surface area (Å²) in [5.41, 5.74) is 1.18. The van der Waals surface area contributed by atoms with Crippen molar-refractivity contribution < 1.29 is 0 Å². The van der Waals surface area contributed by atoms with Gasteiger partial charge in [-0.2, -0.15) is 0 Å². The highest BCUT2D eigenvalue weighted by Gasteiger charge is 2.59. The molecule has 26 heavy (non-hydrogen) atoms. The normalized spacial score (nSPS) is 51.3. The highest BCUT2D eigenvalue weighted by Crippen LogP contribution is 2.67. The fraction of sp³-hybridized carbons (Fsp3) is 0.923. The van der Waals surface area contributed by atoms with Gasteiger partial charge in [-0.3, -0.25) is 0 Å². The Labute approximate surface area is 163 Å². The molecule has 4 aliphatic carbocycles. The summed E-state index contributed by atoms with van der Waals surface area (Å²) in [5.74, 6) is 6.84. The Morgan fingerprint density at radius 2 is 1.69 bits per heavy atom. The molecule has 0 aromatic heterocycles. The topological polar surface area (TPSA) is 0 Å². The maximum Gasteiger partial charge on any atom is -0.00873 e. The van der Waals surface area contributed by atoms with Gasteiger partial charge in [-0.1, -0.05) is 46.6 Å². The van der Waals surface area contributed by atoms with Gasteiger partial charge in [0.15, 0.2) is 0 Å². The van der Waals surface area contributed by atoms with Gasteiger partial charge in [-0.05, 0) is 110 Å². The molecule has 0 heterocycles. The summed E-state index contributed by atoms with van der Waals surface area (Å²) >= 11 is 0. The average Bonchev–Trinajstić information content (AvgIpc) is 2.66. The molecule has 0 nitrogen and oxygen atoms in total. The fourth-order valence-electron chi connectivity index (χ4n) is 9.33. The van der Waals surface area contributed by atoms with Crippen molar-refractivity contribution in [2.75, 3.05) is 0 Å². The van der Waals surface area contributed by atoms with E-state index in [9.17, 15) is 0 Å². The minimum atomic E-state index is 0.497. The molecule has 4 aliphatic rings. The van der Waals surface area contributed by atoms with E-state index in [1.807, 2.05) is 0 Å². The maximum atomic E-state index is 4.38. The Balaban J connectivity index is 1.64. The van der Waals surface area contributed by atoms with Crippen molar-refractivity contribution in [2.24, 2.45) is 52.3 Å². The Hall–Kier alpha value is -0.260. The molecule has 4 rings (SSSR count). The lowest BCUT2D eigenvalue weighted by Gasteiger charge is -2.64. The molecule has 0 aromatic carbocycles. The van der Waals surface area contributed by atoms with Gasteiger partial charge < -0.3 is 0 Å². The van der Waals surface area contributed by atoms with Crippen molar-refractivity contribution in [3.05, 3.63) is 12.7 Å². The minimum Gasteiger partial charge on any atom is -0.103 e. The van der Waals surface area contributed by atoms with Gasteiger partial charge in [-0.15, -0.1) is 6.58 Å². The molecule has 8 atom stereocenters. The molecule has 0 aliphatic heterocycles. The first-order chi connectivity index (χ1) is 12.5. The van der Waals surface area contributed by atoms with E-state index in [1.165, 1.54) is 64.2 Å². The molecule has 0 heteroatoms. The first kappa shape index (κ1) is 19.1. The lowest BCUT2D eigenvalue weighted by molar-refractivity contribution is -0.141. The van der Waals surface area contributed by atoms with Crippen LogP contribution in [0.2, 0.25) is 0 Å². The molecule has 0 amide bonds.